The summed E-state index contributed by atoms with van der Waals surface area (Å²) in [5.74, 6) is -1.05. The predicted molar refractivity (Wildman–Crippen MR) is 65.4 cm³/mol. The van der Waals surface area contributed by atoms with E-state index in [9.17, 15) is 4.79 Å². The van der Waals surface area contributed by atoms with Gasteiger partial charge in [0.05, 0.1) is 10.7 Å². The Balaban J connectivity index is 2.60. The van der Waals surface area contributed by atoms with Crippen molar-refractivity contribution in [2.24, 2.45) is 7.05 Å². The zero-order chi connectivity index (χ0) is 12.6. The zero-order valence-corrected chi connectivity index (χ0v) is 10.2. The second-order valence-electron chi connectivity index (χ2n) is 3.78. The van der Waals surface area contributed by atoms with Crippen molar-refractivity contribution in [2.75, 3.05) is 0 Å². The Labute approximate surface area is 103 Å². The summed E-state index contributed by atoms with van der Waals surface area (Å²) in [4.78, 5) is 10.8. The first kappa shape index (κ1) is 11.7. The lowest BCUT2D eigenvalue weighted by Gasteiger charge is -2.06. The molecule has 1 N–H and O–H groups in total. The Morgan fingerprint density at radius 3 is 2.76 bits per heavy atom. The highest BCUT2D eigenvalue weighted by Crippen LogP contribution is 2.30. The summed E-state index contributed by atoms with van der Waals surface area (Å²) in [5, 5.41) is 13.4. The highest BCUT2D eigenvalue weighted by atomic mass is 35.5. The number of carbonyl (C=O) groups is 1. The van der Waals surface area contributed by atoms with E-state index < -0.39 is 5.97 Å². The predicted octanol–water partition coefficient (Wildman–Crippen LogP) is 2.75. The van der Waals surface area contributed by atoms with Crippen LogP contribution in [0.4, 0.5) is 0 Å². The highest BCUT2D eigenvalue weighted by molar-refractivity contribution is 6.34. The Hall–Kier alpha value is -1.81. The molecule has 88 valence electrons. The van der Waals surface area contributed by atoms with Gasteiger partial charge in [0.25, 0.3) is 0 Å². The topological polar surface area (TPSA) is 55.1 Å². The van der Waals surface area contributed by atoms with Gasteiger partial charge in [0, 0.05) is 12.6 Å². The third-order valence-corrected chi connectivity index (χ3v) is 3.07. The average molecular weight is 251 g/mol. The normalized spacial score (nSPS) is 10.5. The fourth-order valence-electron chi connectivity index (χ4n) is 1.67. The molecule has 0 radical (unpaired) electrons. The minimum atomic E-state index is -1.05. The van der Waals surface area contributed by atoms with Crippen molar-refractivity contribution in [3.05, 3.63) is 40.5 Å². The fourth-order valence-corrected chi connectivity index (χ4v) is 1.89. The summed E-state index contributed by atoms with van der Waals surface area (Å²) in [6.45, 7) is 1.90. The van der Waals surface area contributed by atoms with Crippen LogP contribution in [-0.2, 0) is 7.05 Å². The summed E-state index contributed by atoms with van der Waals surface area (Å²) < 4.78 is 1.52. The van der Waals surface area contributed by atoms with Crippen LogP contribution in [-0.4, -0.2) is 20.9 Å². The maximum atomic E-state index is 10.8. The van der Waals surface area contributed by atoms with Crippen LogP contribution in [0.15, 0.2) is 24.3 Å². The second-order valence-corrected chi connectivity index (χ2v) is 4.16. The van der Waals surface area contributed by atoms with Gasteiger partial charge in [-0.15, -0.1) is 0 Å². The van der Waals surface area contributed by atoms with E-state index >= 15 is 0 Å². The van der Waals surface area contributed by atoms with Gasteiger partial charge < -0.3 is 5.11 Å². The van der Waals surface area contributed by atoms with Gasteiger partial charge in [-0.25, -0.2) is 4.79 Å². The summed E-state index contributed by atoms with van der Waals surface area (Å²) in [6.07, 6.45) is 0. The maximum absolute atomic E-state index is 10.8. The number of hydrogen-bond acceptors (Lipinski definition) is 2. The van der Waals surface area contributed by atoms with Crippen LogP contribution < -0.4 is 0 Å². The van der Waals surface area contributed by atoms with Gasteiger partial charge >= 0.3 is 5.97 Å². The van der Waals surface area contributed by atoms with E-state index in [4.69, 9.17) is 16.7 Å². The molecule has 0 aliphatic heterocycles. The van der Waals surface area contributed by atoms with E-state index in [0.717, 1.165) is 11.1 Å². The van der Waals surface area contributed by atoms with Crippen molar-refractivity contribution in [1.29, 1.82) is 0 Å². The molecule has 0 saturated carbocycles. The largest absolute Gasteiger partial charge is 0.476 e. The fraction of sp³-hybridized carbons (Fsp3) is 0.167. The first-order valence-electron chi connectivity index (χ1n) is 5.03. The van der Waals surface area contributed by atoms with Crippen molar-refractivity contribution in [2.45, 2.75) is 6.92 Å². The molecule has 0 bridgehead atoms. The van der Waals surface area contributed by atoms with E-state index in [1.165, 1.54) is 10.7 Å². The van der Waals surface area contributed by atoms with Crippen LogP contribution in [0.2, 0.25) is 5.02 Å². The molecule has 0 spiro atoms. The van der Waals surface area contributed by atoms with Crippen LogP contribution in [0.1, 0.15) is 16.1 Å². The van der Waals surface area contributed by atoms with Crippen molar-refractivity contribution in [3.8, 4) is 11.3 Å². The van der Waals surface area contributed by atoms with Crippen LogP contribution in [0.3, 0.4) is 0 Å². The summed E-state index contributed by atoms with van der Waals surface area (Å²) in [6, 6.07) is 7.14. The van der Waals surface area contributed by atoms with E-state index in [1.54, 1.807) is 7.05 Å². The Morgan fingerprint density at radius 1 is 1.47 bits per heavy atom. The number of rotatable bonds is 2. The monoisotopic (exact) mass is 250 g/mol. The lowest BCUT2D eigenvalue weighted by atomic mass is 10.1. The summed E-state index contributed by atoms with van der Waals surface area (Å²) in [5.41, 5.74) is 2.44. The lowest BCUT2D eigenvalue weighted by Crippen LogP contribution is -1.99. The molecular weight excluding hydrogens is 240 g/mol. The van der Waals surface area contributed by atoms with Crippen molar-refractivity contribution >= 4 is 17.6 Å². The van der Waals surface area contributed by atoms with Crippen molar-refractivity contribution in [1.82, 2.24) is 9.78 Å². The molecule has 5 heteroatoms. The SMILES string of the molecule is Cc1cccc(-c2cc(C(=O)O)nn2C)c1Cl. The molecule has 0 atom stereocenters. The minimum Gasteiger partial charge on any atom is -0.476 e. The Bertz CT molecular complexity index is 590. The van der Waals surface area contributed by atoms with E-state index in [0.29, 0.717) is 10.7 Å². The summed E-state index contributed by atoms with van der Waals surface area (Å²) in [7, 11) is 1.69. The van der Waals surface area contributed by atoms with Gasteiger partial charge in [0.15, 0.2) is 5.69 Å². The van der Waals surface area contributed by atoms with Crippen LogP contribution in [0.25, 0.3) is 11.3 Å². The molecule has 2 aromatic rings. The molecule has 1 aromatic heterocycles. The Kier molecular flexibility index (Phi) is 2.90. The second kappa shape index (κ2) is 4.22. The molecule has 0 aliphatic carbocycles. The Morgan fingerprint density at radius 2 is 2.18 bits per heavy atom. The molecule has 2 rings (SSSR count). The first-order chi connectivity index (χ1) is 8.00. The number of carboxylic acids is 1. The van der Waals surface area contributed by atoms with Crippen molar-refractivity contribution < 1.29 is 9.90 Å². The zero-order valence-electron chi connectivity index (χ0n) is 9.44. The summed E-state index contributed by atoms with van der Waals surface area (Å²) >= 11 is 6.20. The number of halogens is 1. The molecule has 1 aromatic carbocycles. The quantitative estimate of drug-likeness (QED) is 0.892. The van der Waals surface area contributed by atoms with Crippen molar-refractivity contribution in [3.63, 3.8) is 0 Å². The van der Waals surface area contributed by atoms with Crippen LogP contribution in [0.5, 0.6) is 0 Å². The molecule has 4 nitrogen and oxygen atoms in total. The number of aromatic carboxylic acids is 1. The maximum Gasteiger partial charge on any atom is 0.356 e. The van der Waals surface area contributed by atoms with E-state index in [2.05, 4.69) is 5.10 Å². The highest BCUT2D eigenvalue weighted by Gasteiger charge is 2.15. The molecule has 0 amide bonds. The van der Waals surface area contributed by atoms with Gasteiger partial charge in [0.1, 0.15) is 0 Å². The van der Waals surface area contributed by atoms with Gasteiger partial charge in [-0.3, -0.25) is 4.68 Å². The first-order valence-corrected chi connectivity index (χ1v) is 5.41. The van der Waals surface area contributed by atoms with E-state index in [-0.39, 0.29) is 5.69 Å². The number of nitrogens with zero attached hydrogens (tertiary/aromatic N) is 2. The molecule has 0 saturated heterocycles. The van der Waals surface area contributed by atoms with E-state index in [1.807, 2.05) is 25.1 Å². The van der Waals surface area contributed by atoms with Crippen LogP contribution in [0, 0.1) is 6.92 Å². The van der Waals surface area contributed by atoms with Gasteiger partial charge in [-0.1, -0.05) is 29.8 Å². The third kappa shape index (κ3) is 2.03. The van der Waals surface area contributed by atoms with Crippen LogP contribution >= 0.6 is 11.6 Å². The number of aromatic nitrogens is 2. The lowest BCUT2D eigenvalue weighted by molar-refractivity contribution is 0.0689. The number of aryl methyl sites for hydroxylation is 2. The number of carboxylic acid groups (broad SMARTS) is 1. The molecule has 0 aliphatic rings. The molecular formula is C12H11ClN2O2. The molecule has 17 heavy (non-hydrogen) atoms. The average Bonchev–Trinajstić information content (AvgIpc) is 2.65. The standard InChI is InChI=1S/C12H11ClN2O2/c1-7-4-3-5-8(11(7)13)10-6-9(12(16)17)14-15(10)2/h3-6H,1-2H3,(H,16,17). The molecule has 0 unspecified atom stereocenters. The minimum absolute atomic E-state index is 0.0140. The third-order valence-electron chi connectivity index (χ3n) is 2.57. The smallest absolute Gasteiger partial charge is 0.356 e. The van der Waals surface area contributed by atoms with Gasteiger partial charge in [-0.2, -0.15) is 5.10 Å². The number of benzene rings is 1. The molecule has 0 fully saturated rings. The van der Waals surface area contributed by atoms with Gasteiger partial charge in [-0.05, 0) is 18.6 Å². The number of hydrogen-bond donors (Lipinski definition) is 1. The van der Waals surface area contributed by atoms with Gasteiger partial charge in [0.2, 0.25) is 0 Å². The molecule has 1 heterocycles.